The summed E-state index contributed by atoms with van der Waals surface area (Å²) in [6.45, 7) is 3.47. The standard InChI is InChI=1S/C23H24O6/c1-15(14-20(24)25)22(26)29-21(23(27)28-17-10-3-2-4-11-17)19-13-7-9-16-8-5-6-12-18(16)19/h5-9,12-13,17,21H,1-4,10-11,14H2,(H,24,25). The Morgan fingerprint density at radius 3 is 2.45 bits per heavy atom. The Morgan fingerprint density at radius 2 is 1.72 bits per heavy atom. The van der Waals surface area contributed by atoms with Crippen molar-refractivity contribution in [3.63, 3.8) is 0 Å². The number of ether oxygens (including phenoxy) is 2. The lowest BCUT2D eigenvalue weighted by atomic mass is 9.97. The first-order valence-electron chi connectivity index (χ1n) is 9.74. The molecule has 0 spiro atoms. The number of esters is 2. The fourth-order valence-corrected chi connectivity index (χ4v) is 3.57. The molecular formula is C23H24O6. The monoisotopic (exact) mass is 396 g/mol. The Morgan fingerprint density at radius 1 is 1.03 bits per heavy atom. The largest absolute Gasteiger partial charge is 0.481 e. The molecule has 1 atom stereocenters. The molecule has 29 heavy (non-hydrogen) atoms. The van der Waals surface area contributed by atoms with Gasteiger partial charge in [0.1, 0.15) is 6.10 Å². The van der Waals surface area contributed by atoms with Crippen molar-refractivity contribution in [2.45, 2.75) is 50.7 Å². The van der Waals surface area contributed by atoms with Gasteiger partial charge in [-0.1, -0.05) is 55.5 Å². The second-order valence-corrected chi connectivity index (χ2v) is 7.22. The molecule has 0 aliphatic heterocycles. The average molecular weight is 396 g/mol. The third-order valence-electron chi connectivity index (χ3n) is 5.03. The maximum atomic E-state index is 13.0. The summed E-state index contributed by atoms with van der Waals surface area (Å²) in [4.78, 5) is 36.3. The van der Waals surface area contributed by atoms with Gasteiger partial charge in [0.2, 0.25) is 6.10 Å². The molecule has 0 amide bonds. The lowest BCUT2D eigenvalue weighted by Crippen LogP contribution is -2.28. The Hall–Kier alpha value is -3.15. The SMILES string of the molecule is C=C(CC(=O)O)C(=O)OC(C(=O)OC1CCCCC1)c1cccc2ccccc12. The maximum absolute atomic E-state index is 13.0. The number of carboxylic acid groups (broad SMARTS) is 1. The van der Waals surface area contributed by atoms with Crippen LogP contribution in [0, 0.1) is 0 Å². The van der Waals surface area contributed by atoms with Gasteiger partial charge in [-0.25, -0.2) is 9.59 Å². The molecule has 1 aliphatic rings. The number of benzene rings is 2. The van der Waals surface area contributed by atoms with Crippen LogP contribution in [0.3, 0.4) is 0 Å². The van der Waals surface area contributed by atoms with E-state index in [0.29, 0.717) is 5.56 Å². The number of rotatable bonds is 7. The molecule has 0 radical (unpaired) electrons. The van der Waals surface area contributed by atoms with E-state index in [1.165, 1.54) is 0 Å². The molecule has 0 bridgehead atoms. The van der Waals surface area contributed by atoms with Crippen LogP contribution >= 0.6 is 0 Å². The van der Waals surface area contributed by atoms with Crippen molar-refractivity contribution in [3.8, 4) is 0 Å². The number of carbonyl (C=O) groups is 3. The van der Waals surface area contributed by atoms with Gasteiger partial charge in [0.05, 0.1) is 6.42 Å². The van der Waals surface area contributed by atoms with Gasteiger partial charge in [-0.3, -0.25) is 4.79 Å². The minimum absolute atomic E-state index is 0.199. The minimum atomic E-state index is -1.29. The van der Waals surface area contributed by atoms with E-state index in [-0.39, 0.29) is 11.7 Å². The molecule has 1 N–H and O–H groups in total. The van der Waals surface area contributed by atoms with Gasteiger partial charge in [0, 0.05) is 11.1 Å². The van der Waals surface area contributed by atoms with Crippen LogP contribution in [0.25, 0.3) is 10.8 Å². The summed E-state index contributed by atoms with van der Waals surface area (Å²) in [6, 6.07) is 12.8. The van der Waals surface area contributed by atoms with E-state index >= 15 is 0 Å². The van der Waals surface area contributed by atoms with Crippen molar-refractivity contribution in [2.75, 3.05) is 0 Å². The Balaban J connectivity index is 1.90. The van der Waals surface area contributed by atoms with Gasteiger partial charge < -0.3 is 14.6 Å². The smallest absolute Gasteiger partial charge is 0.352 e. The first-order valence-corrected chi connectivity index (χ1v) is 9.74. The highest BCUT2D eigenvalue weighted by molar-refractivity contribution is 5.96. The van der Waals surface area contributed by atoms with Gasteiger partial charge >= 0.3 is 17.9 Å². The van der Waals surface area contributed by atoms with Crippen molar-refractivity contribution >= 4 is 28.7 Å². The van der Waals surface area contributed by atoms with E-state index < -0.39 is 30.4 Å². The third-order valence-corrected chi connectivity index (χ3v) is 5.03. The molecule has 152 valence electrons. The molecule has 1 fully saturated rings. The molecule has 0 heterocycles. The zero-order chi connectivity index (χ0) is 20.8. The van der Waals surface area contributed by atoms with Gasteiger partial charge in [-0.2, -0.15) is 0 Å². The van der Waals surface area contributed by atoms with E-state index in [2.05, 4.69) is 6.58 Å². The first-order chi connectivity index (χ1) is 14.0. The average Bonchev–Trinajstić information content (AvgIpc) is 2.71. The van der Waals surface area contributed by atoms with Crippen molar-refractivity contribution in [2.24, 2.45) is 0 Å². The predicted molar refractivity (Wildman–Crippen MR) is 107 cm³/mol. The zero-order valence-corrected chi connectivity index (χ0v) is 16.1. The summed E-state index contributed by atoms with van der Waals surface area (Å²) in [5, 5.41) is 10.5. The summed E-state index contributed by atoms with van der Waals surface area (Å²) in [6.07, 6.45) is 2.62. The molecular weight excluding hydrogens is 372 g/mol. The number of aliphatic carboxylic acids is 1. The Labute approximate surface area is 169 Å². The van der Waals surface area contributed by atoms with E-state index in [1.54, 1.807) is 12.1 Å². The van der Waals surface area contributed by atoms with E-state index in [1.807, 2.05) is 30.3 Å². The second-order valence-electron chi connectivity index (χ2n) is 7.22. The molecule has 6 nitrogen and oxygen atoms in total. The van der Waals surface area contributed by atoms with Crippen LogP contribution < -0.4 is 0 Å². The van der Waals surface area contributed by atoms with E-state index in [0.717, 1.165) is 42.9 Å². The normalized spacial score (nSPS) is 15.4. The number of hydrogen-bond acceptors (Lipinski definition) is 5. The topological polar surface area (TPSA) is 89.9 Å². The molecule has 1 aliphatic carbocycles. The fourth-order valence-electron chi connectivity index (χ4n) is 3.57. The van der Waals surface area contributed by atoms with Crippen molar-refractivity contribution in [3.05, 3.63) is 60.2 Å². The summed E-state index contributed by atoms with van der Waals surface area (Å²) in [5.41, 5.74) is 0.272. The van der Waals surface area contributed by atoms with Crippen LogP contribution in [-0.4, -0.2) is 29.1 Å². The van der Waals surface area contributed by atoms with Crippen LogP contribution in [0.5, 0.6) is 0 Å². The summed E-state index contributed by atoms with van der Waals surface area (Å²) < 4.78 is 11.1. The van der Waals surface area contributed by atoms with Gasteiger partial charge in [0.25, 0.3) is 0 Å². The molecule has 2 aromatic rings. The van der Waals surface area contributed by atoms with Gasteiger partial charge in [-0.05, 0) is 36.5 Å². The maximum Gasteiger partial charge on any atom is 0.352 e. The van der Waals surface area contributed by atoms with Crippen LogP contribution in [0.1, 0.15) is 50.2 Å². The summed E-state index contributed by atoms with van der Waals surface area (Å²) in [5.74, 6) is -2.77. The number of fused-ring (bicyclic) bond motifs is 1. The van der Waals surface area contributed by atoms with Crippen LogP contribution in [0.2, 0.25) is 0 Å². The van der Waals surface area contributed by atoms with Crippen LogP contribution in [0.15, 0.2) is 54.6 Å². The molecule has 0 aromatic heterocycles. The Bertz CT molecular complexity index is 921. The lowest BCUT2D eigenvalue weighted by Gasteiger charge is -2.25. The number of carbonyl (C=O) groups excluding carboxylic acids is 2. The molecule has 0 saturated heterocycles. The Kier molecular flexibility index (Phi) is 6.65. The van der Waals surface area contributed by atoms with Crippen LogP contribution in [-0.2, 0) is 23.9 Å². The van der Waals surface area contributed by atoms with E-state index in [4.69, 9.17) is 14.6 Å². The first kappa shape index (κ1) is 20.6. The quantitative estimate of drug-likeness (QED) is 0.553. The third kappa shape index (κ3) is 5.22. The number of carboxylic acids is 1. The lowest BCUT2D eigenvalue weighted by molar-refractivity contribution is -0.171. The summed E-state index contributed by atoms with van der Waals surface area (Å²) in [7, 11) is 0. The molecule has 2 aromatic carbocycles. The van der Waals surface area contributed by atoms with Gasteiger partial charge in [0.15, 0.2) is 0 Å². The van der Waals surface area contributed by atoms with E-state index in [9.17, 15) is 14.4 Å². The molecule has 1 unspecified atom stereocenters. The zero-order valence-electron chi connectivity index (χ0n) is 16.1. The van der Waals surface area contributed by atoms with Gasteiger partial charge in [-0.15, -0.1) is 0 Å². The molecule has 1 saturated carbocycles. The molecule has 3 rings (SSSR count). The minimum Gasteiger partial charge on any atom is -0.481 e. The fraction of sp³-hybridized carbons (Fsp3) is 0.348. The highest BCUT2D eigenvalue weighted by Gasteiger charge is 2.31. The summed E-state index contributed by atoms with van der Waals surface area (Å²) >= 11 is 0. The van der Waals surface area contributed by atoms with Crippen molar-refractivity contribution < 1.29 is 29.0 Å². The highest BCUT2D eigenvalue weighted by Crippen LogP contribution is 2.30. The molecule has 6 heteroatoms. The predicted octanol–water partition coefficient (Wildman–Crippen LogP) is 4.33. The number of hydrogen-bond donors (Lipinski definition) is 1. The highest BCUT2D eigenvalue weighted by atomic mass is 16.6. The second kappa shape index (κ2) is 9.37. The van der Waals surface area contributed by atoms with Crippen molar-refractivity contribution in [1.29, 1.82) is 0 Å². The van der Waals surface area contributed by atoms with Crippen molar-refractivity contribution in [1.82, 2.24) is 0 Å². The van der Waals surface area contributed by atoms with Crippen LogP contribution in [0.4, 0.5) is 0 Å².